The number of β-amino-alcohol motifs (C(OH)–C–C–N with tert-alkyl or cyclic N) is 1. The predicted octanol–water partition coefficient (Wildman–Crippen LogP) is 7.91. The zero-order chi connectivity index (χ0) is 37.9. The van der Waals surface area contributed by atoms with Crippen LogP contribution in [0.1, 0.15) is 42.6 Å². The molecule has 5 aromatic rings. The molecule has 1 atom stereocenters. The molecular weight excluding hydrogens is 744 g/mol. The first-order chi connectivity index (χ1) is 26.1. The molecule has 0 spiro atoms. The highest BCUT2D eigenvalue weighted by atomic mass is 35.5. The molecule has 2 saturated heterocycles. The molecule has 0 unspecified atom stereocenters. The van der Waals surface area contributed by atoms with E-state index in [4.69, 9.17) is 27.9 Å². The molecule has 0 radical (unpaired) electrons. The number of fused-ring (bicyclic) bond motifs is 1. The zero-order valence-electron chi connectivity index (χ0n) is 29.2. The van der Waals surface area contributed by atoms with E-state index in [2.05, 4.69) is 40.4 Å². The number of halogens is 5. The Morgan fingerprint density at radius 3 is 2.22 bits per heavy atom. The molecule has 2 aromatic carbocycles. The van der Waals surface area contributed by atoms with Crippen LogP contribution in [0.4, 0.5) is 36.2 Å². The maximum Gasteiger partial charge on any atom is 0.308 e. The van der Waals surface area contributed by atoms with Crippen LogP contribution in [0.5, 0.6) is 0 Å². The van der Waals surface area contributed by atoms with Gasteiger partial charge in [0.1, 0.15) is 5.52 Å². The van der Waals surface area contributed by atoms with Crippen LogP contribution < -0.4 is 10.6 Å². The van der Waals surface area contributed by atoms with Gasteiger partial charge >= 0.3 is 5.97 Å². The lowest BCUT2D eigenvalue weighted by molar-refractivity contribution is -0.147. The molecule has 2 aliphatic heterocycles. The maximum atomic E-state index is 15.8. The smallest absolute Gasteiger partial charge is 0.308 e. The Morgan fingerprint density at radius 2 is 1.59 bits per heavy atom. The summed E-state index contributed by atoms with van der Waals surface area (Å²) in [4.78, 5) is 33.0. The Morgan fingerprint density at radius 1 is 0.926 bits per heavy atom. The minimum absolute atomic E-state index is 0.00309. The summed E-state index contributed by atoms with van der Waals surface area (Å²) in [6, 6.07) is 13.7. The average Bonchev–Trinajstić information content (AvgIpc) is 3.58. The number of piperidine rings is 1. The molecule has 0 bridgehead atoms. The van der Waals surface area contributed by atoms with Gasteiger partial charge < -0.3 is 20.5 Å². The monoisotopic (exact) mass is 780 g/mol. The van der Waals surface area contributed by atoms with Crippen LogP contribution in [0.25, 0.3) is 22.2 Å². The highest BCUT2D eigenvalue weighted by Crippen LogP contribution is 2.42. The number of esters is 1. The summed E-state index contributed by atoms with van der Waals surface area (Å²) in [5, 5.41) is 16.5. The number of rotatable bonds is 11. The molecule has 3 aromatic heterocycles. The van der Waals surface area contributed by atoms with Crippen LogP contribution in [0.3, 0.4) is 0 Å². The second-order valence-corrected chi connectivity index (χ2v) is 14.2. The molecule has 0 saturated carbocycles. The third kappa shape index (κ3) is 8.22. The van der Waals surface area contributed by atoms with Gasteiger partial charge in [-0.25, -0.2) is 28.1 Å². The lowest BCUT2D eigenvalue weighted by atomic mass is 9.96. The lowest BCUT2D eigenvalue weighted by Gasteiger charge is -2.30. The zero-order valence-corrected chi connectivity index (χ0v) is 30.7. The van der Waals surface area contributed by atoms with Gasteiger partial charge in [-0.2, -0.15) is 0 Å². The van der Waals surface area contributed by atoms with E-state index in [0.29, 0.717) is 80.1 Å². The largest absolute Gasteiger partial charge is 0.469 e. The summed E-state index contributed by atoms with van der Waals surface area (Å²) >= 11 is 13.9. The number of pyridine rings is 2. The first-order valence-corrected chi connectivity index (χ1v) is 18.2. The summed E-state index contributed by atoms with van der Waals surface area (Å²) in [5.41, 5.74) is 3.51. The van der Waals surface area contributed by atoms with E-state index in [9.17, 15) is 18.7 Å². The van der Waals surface area contributed by atoms with E-state index in [1.54, 1.807) is 54.7 Å². The van der Waals surface area contributed by atoms with Crippen molar-refractivity contribution in [2.75, 3.05) is 43.9 Å². The number of methoxy groups -OCH3 is 1. The van der Waals surface area contributed by atoms with E-state index in [1.165, 1.54) is 13.3 Å². The van der Waals surface area contributed by atoms with Gasteiger partial charge in [-0.15, -0.1) is 0 Å². The third-order valence-corrected chi connectivity index (χ3v) is 10.6. The summed E-state index contributed by atoms with van der Waals surface area (Å²) in [6.45, 7) is 3.36. The first kappa shape index (κ1) is 37.7. The van der Waals surface area contributed by atoms with Crippen molar-refractivity contribution in [1.29, 1.82) is 0 Å². The third-order valence-electron chi connectivity index (χ3n) is 9.74. The SMILES string of the molecule is COC(=O)C1CCN(Cc2ccnc(Nc3cccc(-c4cccc(Nc5nc(C(F)F)nc6cc(CN7CC[C@@H](O)C7)cnc56)c4Cl)c3Cl)c2F)CC1. The van der Waals surface area contributed by atoms with Gasteiger partial charge in [-0.05, 0) is 62.2 Å². The van der Waals surface area contributed by atoms with Crippen LogP contribution >= 0.6 is 23.2 Å². The number of ether oxygens (including phenoxy) is 1. The van der Waals surface area contributed by atoms with Crippen LogP contribution in [0.15, 0.2) is 60.9 Å². The number of hydrogen-bond acceptors (Lipinski definition) is 11. The Balaban J connectivity index is 1.12. The van der Waals surface area contributed by atoms with Crippen LogP contribution in [0, 0.1) is 11.7 Å². The van der Waals surface area contributed by atoms with Gasteiger partial charge in [0, 0.05) is 55.3 Å². The van der Waals surface area contributed by atoms with Crippen molar-refractivity contribution in [1.82, 2.24) is 29.7 Å². The second-order valence-electron chi connectivity index (χ2n) is 13.4. The van der Waals surface area contributed by atoms with Crippen molar-refractivity contribution in [3.8, 4) is 11.1 Å². The molecule has 282 valence electrons. The molecule has 2 fully saturated rings. The lowest BCUT2D eigenvalue weighted by Crippen LogP contribution is -2.36. The molecule has 54 heavy (non-hydrogen) atoms. The fourth-order valence-electron chi connectivity index (χ4n) is 6.92. The number of carbonyl (C=O) groups is 1. The van der Waals surface area contributed by atoms with Crippen molar-refractivity contribution >= 4 is 63.2 Å². The molecule has 2 aliphatic rings. The molecular formula is C38H37Cl2F3N8O3. The number of alkyl halides is 2. The minimum atomic E-state index is -2.94. The van der Waals surface area contributed by atoms with Gasteiger partial charge in [0.2, 0.25) is 0 Å². The van der Waals surface area contributed by atoms with Crippen molar-refractivity contribution in [2.45, 2.75) is 44.9 Å². The van der Waals surface area contributed by atoms with Crippen molar-refractivity contribution in [3.05, 3.63) is 93.7 Å². The van der Waals surface area contributed by atoms with Crippen LogP contribution in [-0.4, -0.2) is 80.2 Å². The number of benzene rings is 2. The van der Waals surface area contributed by atoms with E-state index >= 15 is 4.39 Å². The summed E-state index contributed by atoms with van der Waals surface area (Å²) in [5.74, 6) is -1.50. The van der Waals surface area contributed by atoms with Gasteiger partial charge in [-0.3, -0.25) is 19.6 Å². The summed E-state index contributed by atoms with van der Waals surface area (Å²) in [7, 11) is 1.39. The number of nitrogens with zero attached hydrogens (tertiary/aromatic N) is 6. The van der Waals surface area contributed by atoms with Gasteiger partial charge in [0.25, 0.3) is 6.43 Å². The van der Waals surface area contributed by atoms with Gasteiger partial charge in [-0.1, -0.05) is 47.5 Å². The van der Waals surface area contributed by atoms with Crippen molar-refractivity contribution in [2.24, 2.45) is 5.92 Å². The molecule has 16 heteroatoms. The molecule has 0 amide bonds. The van der Waals surface area contributed by atoms with E-state index < -0.39 is 24.2 Å². The first-order valence-electron chi connectivity index (χ1n) is 17.5. The summed E-state index contributed by atoms with van der Waals surface area (Å²) < 4.78 is 48.6. The van der Waals surface area contributed by atoms with Crippen molar-refractivity contribution in [3.63, 3.8) is 0 Å². The Bertz CT molecular complexity index is 2170. The van der Waals surface area contributed by atoms with Crippen LogP contribution in [0.2, 0.25) is 10.0 Å². The number of likely N-dealkylation sites (tertiary alicyclic amines) is 2. The highest BCUT2D eigenvalue weighted by Gasteiger charge is 2.27. The molecule has 0 aliphatic carbocycles. The Kier molecular flexibility index (Phi) is 11.5. The molecule has 3 N–H and O–H groups in total. The second kappa shape index (κ2) is 16.4. The molecule has 7 rings (SSSR count). The van der Waals surface area contributed by atoms with Gasteiger partial charge in [0.05, 0.1) is 46.1 Å². The van der Waals surface area contributed by atoms with E-state index in [-0.39, 0.29) is 44.6 Å². The number of nitrogens with one attached hydrogen (secondary N) is 2. The Hall–Kier alpha value is -4.60. The predicted molar refractivity (Wildman–Crippen MR) is 201 cm³/mol. The Labute approximate surface area is 319 Å². The van der Waals surface area contributed by atoms with E-state index in [0.717, 1.165) is 12.1 Å². The van der Waals surface area contributed by atoms with Crippen molar-refractivity contribution < 1.29 is 27.8 Å². The summed E-state index contributed by atoms with van der Waals surface area (Å²) in [6.07, 6.45) is 1.79. The maximum absolute atomic E-state index is 15.8. The molecule has 5 heterocycles. The number of aliphatic hydroxyl groups excluding tert-OH is 1. The topological polar surface area (TPSA) is 129 Å². The highest BCUT2D eigenvalue weighted by molar-refractivity contribution is 6.39. The number of aliphatic hydroxyl groups is 1. The number of aromatic nitrogens is 4. The fraction of sp³-hybridized carbons (Fsp3) is 0.342. The van der Waals surface area contributed by atoms with E-state index in [1.807, 2.05) is 0 Å². The molecule has 11 nitrogen and oxygen atoms in total. The average molecular weight is 782 g/mol. The number of anilines is 4. The number of carbonyl (C=O) groups excluding carboxylic acids is 1. The normalized spacial score (nSPS) is 17.0. The number of hydrogen-bond donors (Lipinski definition) is 3. The van der Waals surface area contributed by atoms with Gasteiger partial charge in [0.15, 0.2) is 23.3 Å². The fourth-order valence-corrected chi connectivity index (χ4v) is 7.47. The van der Waals surface area contributed by atoms with Crippen LogP contribution in [-0.2, 0) is 22.6 Å². The standard InChI is InChI=1S/C38H37Cl2F3N8O3/c1-54-38(53)22-9-13-50(14-10-22)19-23-8-12-44-35(32(23)41)46-27-6-2-4-25(30(27)39)26-5-3-7-28(31(26)40)47-36-33-29(48-37(49-36)34(42)43)16-21(17-45-33)18-51-15-11-24(52)20-51/h2-8,12,16-17,22,24,34,52H,9-11,13-15,18-20H2,1H3,(H,44,46)(H,47,48,49)/t24-/m1/s1. The minimum Gasteiger partial charge on any atom is -0.469 e. The quantitative estimate of drug-likeness (QED) is 0.113.